The Morgan fingerprint density at radius 3 is 2.56 bits per heavy atom. The number of benzene rings is 2. The van der Waals surface area contributed by atoms with E-state index >= 15 is 0 Å². The van der Waals surface area contributed by atoms with E-state index in [1.165, 1.54) is 6.07 Å². The Morgan fingerprint density at radius 1 is 1.19 bits per heavy atom. The van der Waals surface area contributed by atoms with Gasteiger partial charge in [0.15, 0.2) is 6.54 Å². The Labute approximate surface area is 157 Å². The Morgan fingerprint density at radius 2 is 1.85 bits per heavy atom. The highest BCUT2D eigenvalue weighted by Crippen LogP contribution is 2.27. The van der Waals surface area contributed by atoms with E-state index < -0.39 is 4.92 Å². The van der Waals surface area contributed by atoms with Crippen molar-refractivity contribution in [3.05, 3.63) is 58.6 Å². The smallest absolute Gasteiger partial charge is 0.292 e. The maximum absolute atomic E-state index is 12.3. The van der Waals surface area contributed by atoms with Gasteiger partial charge in [0.1, 0.15) is 11.4 Å². The quantitative estimate of drug-likeness (QED) is 0.583. The van der Waals surface area contributed by atoms with E-state index in [9.17, 15) is 14.9 Å². The Bertz CT molecular complexity index is 819. The van der Waals surface area contributed by atoms with Gasteiger partial charge in [-0.1, -0.05) is 24.3 Å². The maximum atomic E-state index is 12.3. The minimum Gasteiger partial charge on any atom is -0.495 e. The normalized spacial score (nSPS) is 14.6. The molecule has 0 atom stereocenters. The lowest BCUT2D eigenvalue weighted by Gasteiger charge is -2.34. The van der Waals surface area contributed by atoms with Gasteiger partial charge >= 0.3 is 0 Å². The molecule has 3 rings (SSSR count). The summed E-state index contributed by atoms with van der Waals surface area (Å²) >= 11 is 0. The minimum absolute atomic E-state index is 0.0955. The number of carbonyl (C=O) groups excluding carboxylic acids is 1. The van der Waals surface area contributed by atoms with E-state index in [0.29, 0.717) is 0 Å². The third kappa shape index (κ3) is 4.53. The van der Waals surface area contributed by atoms with Gasteiger partial charge in [-0.25, -0.2) is 0 Å². The SMILES string of the molecule is COc1ccccc1N1CC[NH+](CC(=O)Nc2ccccc2[N+](=O)[O-])CC1. The van der Waals surface area contributed by atoms with Crippen LogP contribution in [-0.2, 0) is 4.79 Å². The van der Waals surface area contributed by atoms with Crippen LogP contribution in [0.15, 0.2) is 48.5 Å². The van der Waals surface area contributed by atoms with Crippen LogP contribution in [0.1, 0.15) is 0 Å². The molecule has 0 spiro atoms. The molecule has 0 bridgehead atoms. The van der Waals surface area contributed by atoms with Crippen LogP contribution in [-0.4, -0.2) is 50.7 Å². The second-order valence-corrected chi connectivity index (χ2v) is 6.41. The molecule has 1 aliphatic heterocycles. The van der Waals surface area contributed by atoms with E-state index in [1.54, 1.807) is 25.3 Å². The number of carbonyl (C=O) groups is 1. The van der Waals surface area contributed by atoms with Crippen LogP contribution in [0, 0.1) is 10.1 Å². The first-order valence-electron chi connectivity index (χ1n) is 8.83. The van der Waals surface area contributed by atoms with Gasteiger partial charge in [0.25, 0.3) is 11.6 Å². The topological polar surface area (TPSA) is 89.2 Å². The third-order valence-electron chi connectivity index (χ3n) is 4.68. The molecule has 1 fully saturated rings. The molecule has 1 aliphatic rings. The number of amides is 1. The number of hydrogen-bond donors (Lipinski definition) is 2. The molecule has 0 aromatic heterocycles. The molecule has 142 valence electrons. The molecule has 2 N–H and O–H groups in total. The first-order valence-corrected chi connectivity index (χ1v) is 8.83. The average Bonchev–Trinajstić information content (AvgIpc) is 2.68. The number of nitro groups is 1. The number of rotatable bonds is 6. The summed E-state index contributed by atoms with van der Waals surface area (Å²) in [5.74, 6) is 0.625. The number of nitrogens with one attached hydrogen (secondary N) is 2. The number of piperazine rings is 1. The molecule has 8 nitrogen and oxygen atoms in total. The van der Waals surface area contributed by atoms with Gasteiger partial charge in [0.05, 0.1) is 43.9 Å². The molecule has 0 unspecified atom stereocenters. The fourth-order valence-electron chi connectivity index (χ4n) is 3.29. The van der Waals surface area contributed by atoms with Gasteiger partial charge in [0.2, 0.25) is 0 Å². The number of anilines is 2. The van der Waals surface area contributed by atoms with Crippen molar-refractivity contribution < 1.29 is 19.4 Å². The Kier molecular flexibility index (Phi) is 5.87. The molecule has 8 heteroatoms. The second-order valence-electron chi connectivity index (χ2n) is 6.41. The summed E-state index contributed by atoms with van der Waals surface area (Å²) in [5, 5.41) is 13.7. The first-order chi connectivity index (χ1) is 13.1. The highest BCUT2D eigenvalue weighted by Gasteiger charge is 2.24. The van der Waals surface area contributed by atoms with E-state index in [2.05, 4.69) is 10.2 Å². The fourth-order valence-corrected chi connectivity index (χ4v) is 3.29. The van der Waals surface area contributed by atoms with Gasteiger partial charge in [-0.05, 0) is 18.2 Å². The molecule has 0 saturated carbocycles. The van der Waals surface area contributed by atoms with Crippen LogP contribution in [0.3, 0.4) is 0 Å². The molecular weight excluding hydrogens is 348 g/mol. The molecule has 1 amide bonds. The van der Waals surface area contributed by atoms with Gasteiger partial charge in [-0.3, -0.25) is 14.9 Å². The van der Waals surface area contributed by atoms with Crippen LogP contribution in [0.2, 0.25) is 0 Å². The number of nitrogens with zero attached hydrogens (tertiary/aromatic N) is 2. The van der Waals surface area contributed by atoms with Crippen molar-refractivity contribution in [1.82, 2.24) is 0 Å². The average molecular weight is 371 g/mol. The number of methoxy groups -OCH3 is 1. The van der Waals surface area contributed by atoms with Crippen molar-refractivity contribution in [2.24, 2.45) is 0 Å². The standard InChI is InChI=1S/C19H22N4O4/c1-27-18-9-5-4-8-17(18)22-12-10-21(11-13-22)14-19(24)20-15-6-2-3-7-16(15)23(25)26/h2-9H,10-14H2,1H3,(H,20,24)/p+1. The lowest BCUT2D eigenvalue weighted by molar-refractivity contribution is -0.892. The number of para-hydroxylation sites is 4. The van der Waals surface area contributed by atoms with Crippen molar-refractivity contribution in [3.63, 3.8) is 0 Å². The zero-order valence-electron chi connectivity index (χ0n) is 15.2. The van der Waals surface area contributed by atoms with Gasteiger partial charge in [-0.2, -0.15) is 0 Å². The van der Waals surface area contributed by atoms with E-state index in [0.717, 1.165) is 42.5 Å². The van der Waals surface area contributed by atoms with Crippen molar-refractivity contribution in [3.8, 4) is 5.75 Å². The first kappa shape index (κ1) is 18.7. The largest absolute Gasteiger partial charge is 0.495 e. The monoisotopic (exact) mass is 371 g/mol. The lowest BCUT2D eigenvalue weighted by atomic mass is 10.2. The van der Waals surface area contributed by atoms with Crippen LogP contribution < -0.4 is 19.9 Å². The highest BCUT2D eigenvalue weighted by atomic mass is 16.6. The number of ether oxygens (including phenoxy) is 1. The second kappa shape index (κ2) is 8.50. The molecule has 2 aromatic carbocycles. The van der Waals surface area contributed by atoms with Crippen LogP contribution in [0.4, 0.5) is 17.1 Å². The van der Waals surface area contributed by atoms with Gasteiger partial charge in [-0.15, -0.1) is 0 Å². The van der Waals surface area contributed by atoms with Crippen LogP contribution >= 0.6 is 0 Å². The fraction of sp³-hybridized carbons (Fsp3) is 0.316. The van der Waals surface area contributed by atoms with Crippen LogP contribution in [0.5, 0.6) is 5.75 Å². The van der Waals surface area contributed by atoms with E-state index in [-0.39, 0.29) is 23.8 Å². The summed E-state index contributed by atoms with van der Waals surface area (Å²) in [7, 11) is 1.66. The molecular formula is C19H23N4O4+. The van der Waals surface area contributed by atoms with Crippen molar-refractivity contribution in [2.45, 2.75) is 0 Å². The molecule has 1 heterocycles. The summed E-state index contributed by atoms with van der Waals surface area (Å²) in [4.78, 5) is 26.3. The van der Waals surface area contributed by atoms with Crippen molar-refractivity contribution >= 4 is 23.0 Å². The lowest BCUT2D eigenvalue weighted by Crippen LogP contribution is -3.15. The number of quaternary nitrogens is 1. The molecule has 0 aliphatic carbocycles. The number of nitro benzene ring substituents is 1. The van der Waals surface area contributed by atoms with E-state index in [4.69, 9.17) is 4.74 Å². The predicted octanol–water partition coefficient (Wildman–Crippen LogP) is 0.947. The summed E-state index contributed by atoms with van der Waals surface area (Å²) in [6.45, 7) is 3.53. The summed E-state index contributed by atoms with van der Waals surface area (Å²) < 4.78 is 5.42. The van der Waals surface area contributed by atoms with Gasteiger partial charge in [0, 0.05) is 6.07 Å². The van der Waals surface area contributed by atoms with Crippen molar-refractivity contribution in [2.75, 3.05) is 50.1 Å². The zero-order chi connectivity index (χ0) is 19.2. The molecule has 27 heavy (non-hydrogen) atoms. The van der Waals surface area contributed by atoms with E-state index in [1.807, 2.05) is 24.3 Å². The molecule has 0 radical (unpaired) electrons. The minimum atomic E-state index is -0.492. The third-order valence-corrected chi connectivity index (χ3v) is 4.68. The Hall–Kier alpha value is -3.13. The highest BCUT2D eigenvalue weighted by molar-refractivity contribution is 5.93. The van der Waals surface area contributed by atoms with Crippen molar-refractivity contribution in [1.29, 1.82) is 0 Å². The zero-order valence-corrected chi connectivity index (χ0v) is 15.2. The van der Waals surface area contributed by atoms with Crippen LogP contribution in [0.25, 0.3) is 0 Å². The summed E-state index contributed by atoms with van der Waals surface area (Å²) in [6.07, 6.45) is 0. The summed E-state index contributed by atoms with van der Waals surface area (Å²) in [6, 6.07) is 14.1. The summed E-state index contributed by atoms with van der Waals surface area (Å²) in [5.41, 5.74) is 1.20. The predicted molar refractivity (Wildman–Crippen MR) is 102 cm³/mol. The van der Waals surface area contributed by atoms with Gasteiger partial charge < -0.3 is 19.9 Å². The molecule has 2 aromatic rings. The molecule has 1 saturated heterocycles. The Balaban J connectivity index is 1.55. The number of hydrogen-bond acceptors (Lipinski definition) is 5. The maximum Gasteiger partial charge on any atom is 0.292 e.